The third-order valence-corrected chi connectivity index (χ3v) is 6.39. The van der Waals surface area contributed by atoms with Crippen LogP contribution in [-0.4, -0.2) is 34.8 Å². The van der Waals surface area contributed by atoms with Crippen LogP contribution < -0.4 is 21.7 Å². The van der Waals surface area contributed by atoms with Crippen molar-refractivity contribution in [2.24, 2.45) is 22.1 Å². The van der Waals surface area contributed by atoms with Gasteiger partial charge in [-0.2, -0.15) is 0 Å². The van der Waals surface area contributed by atoms with E-state index in [4.69, 9.17) is 10.7 Å². The molecule has 26 heavy (non-hydrogen) atoms. The van der Waals surface area contributed by atoms with Gasteiger partial charge in [0.25, 0.3) is 0 Å². The number of allylic oxidation sites excluding steroid dienone is 1. The van der Waals surface area contributed by atoms with E-state index < -0.39 is 11.6 Å². The lowest BCUT2D eigenvalue weighted by atomic mass is 9.84. The summed E-state index contributed by atoms with van der Waals surface area (Å²) < 4.78 is 0. The van der Waals surface area contributed by atoms with Crippen LogP contribution in [0.4, 0.5) is 0 Å². The summed E-state index contributed by atoms with van der Waals surface area (Å²) in [6.07, 6.45) is 8.63. The minimum absolute atomic E-state index is 0.151. The topological polar surface area (TPSA) is 112 Å². The molecule has 1 amide bonds. The van der Waals surface area contributed by atoms with Gasteiger partial charge in [0.15, 0.2) is 5.96 Å². The molecule has 0 bridgehead atoms. The first-order chi connectivity index (χ1) is 12.3. The molecule has 7 nitrogen and oxygen atoms in total. The molecule has 6 N–H and O–H groups in total. The minimum atomic E-state index is -0.819. The van der Waals surface area contributed by atoms with Gasteiger partial charge in [-0.25, -0.2) is 4.99 Å². The Balaban J connectivity index is 1.49. The molecule has 0 saturated heterocycles. The van der Waals surface area contributed by atoms with Crippen molar-refractivity contribution in [1.29, 1.82) is 0 Å². The first-order valence-electron chi connectivity index (χ1n) is 9.59. The summed E-state index contributed by atoms with van der Waals surface area (Å²) in [7, 11) is 0. The summed E-state index contributed by atoms with van der Waals surface area (Å²) in [5.41, 5.74) is 6.37. The van der Waals surface area contributed by atoms with Gasteiger partial charge in [0.2, 0.25) is 5.91 Å². The standard InChI is InChI=1S/C19H29N5O2/c1-11(12-3-4-12)23-18(2)14(16(20)26)10-21-17(24-18)22-15-9-19(15)7-5-13(25)6-8-19/h10,12-13,15,23,25H,1,3-9H2,2H3,(H2,20,26)(H2,21,22,24). The van der Waals surface area contributed by atoms with Gasteiger partial charge < -0.3 is 26.8 Å². The summed E-state index contributed by atoms with van der Waals surface area (Å²) in [4.78, 5) is 16.7. The number of nitrogens with zero attached hydrogens (tertiary/aromatic N) is 1. The summed E-state index contributed by atoms with van der Waals surface area (Å²) in [6, 6.07) is 0.268. The number of guanidine groups is 1. The van der Waals surface area contributed by atoms with Crippen molar-refractivity contribution < 1.29 is 9.90 Å². The Kier molecular flexibility index (Phi) is 4.02. The van der Waals surface area contributed by atoms with Crippen molar-refractivity contribution in [1.82, 2.24) is 16.0 Å². The van der Waals surface area contributed by atoms with E-state index in [1.54, 1.807) is 6.20 Å². The molecule has 1 spiro atoms. The number of carbonyl (C=O) groups excluding carboxylic acids is 1. The van der Waals surface area contributed by atoms with Crippen LogP contribution in [0.3, 0.4) is 0 Å². The Morgan fingerprint density at radius 2 is 2.08 bits per heavy atom. The Labute approximate surface area is 154 Å². The molecule has 0 aromatic heterocycles. The molecule has 1 aliphatic heterocycles. The fourth-order valence-corrected chi connectivity index (χ4v) is 4.35. The number of nitrogens with two attached hydrogens (primary N) is 1. The zero-order valence-corrected chi connectivity index (χ0v) is 15.3. The fraction of sp³-hybridized carbons (Fsp3) is 0.684. The molecule has 0 aromatic carbocycles. The molecule has 0 radical (unpaired) electrons. The predicted octanol–water partition coefficient (Wildman–Crippen LogP) is 0.827. The maximum atomic E-state index is 11.9. The molecule has 1 heterocycles. The van der Waals surface area contributed by atoms with Crippen LogP contribution in [-0.2, 0) is 4.79 Å². The van der Waals surface area contributed by atoms with Crippen LogP contribution in [0.5, 0.6) is 0 Å². The number of nitrogens with one attached hydrogen (secondary N) is 3. The van der Waals surface area contributed by atoms with E-state index in [1.165, 1.54) is 0 Å². The SMILES string of the molecule is C=C(NC1(C)NC(=NC2CC23CCC(O)CC3)NC=C1C(N)=O)C1CC1. The molecular formula is C19H29N5O2. The second kappa shape index (κ2) is 6.01. The van der Waals surface area contributed by atoms with Gasteiger partial charge in [-0.1, -0.05) is 6.58 Å². The number of amides is 1. The highest BCUT2D eigenvalue weighted by atomic mass is 16.3. The van der Waals surface area contributed by atoms with E-state index in [0.717, 1.165) is 50.6 Å². The molecule has 2 unspecified atom stereocenters. The highest BCUT2D eigenvalue weighted by molar-refractivity contribution is 5.98. The van der Waals surface area contributed by atoms with E-state index in [0.29, 0.717) is 17.5 Å². The first kappa shape index (κ1) is 17.4. The summed E-state index contributed by atoms with van der Waals surface area (Å²) in [5, 5.41) is 19.5. The van der Waals surface area contributed by atoms with Gasteiger partial charge in [0.05, 0.1) is 17.7 Å². The van der Waals surface area contributed by atoms with Crippen LogP contribution in [0.25, 0.3) is 0 Å². The van der Waals surface area contributed by atoms with Gasteiger partial charge >= 0.3 is 0 Å². The normalized spacial score (nSPS) is 40.4. The van der Waals surface area contributed by atoms with Crippen molar-refractivity contribution in [2.75, 3.05) is 0 Å². The number of primary amides is 1. The summed E-state index contributed by atoms with van der Waals surface area (Å²) in [5.74, 6) is 0.645. The van der Waals surface area contributed by atoms with Gasteiger partial charge in [0.1, 0.15) is 5.66 Å². The van der Waals surface area contributed by atoms with Crippen LogP contribution in [0, 0.1) is 11.3 Å². The molecule has 3 fully saturated rings. The number of hydrogen-bond acceptors (Lipinski definition) is 4. The van der Waals surface area contributed by atoms with Gasteiger partial charge in [-0.15, -0.1) is 0 Å². The molecule has 0 aromatic rings. The van der Waals surface area contributed by atoms with Gasteiger partial charge in [-0.05, 0) is 63.2 Å². The third-order valence-electron chi connectivity index (χ3n) is 6.39. The number of hydrogen-bond donors (Lipinski definition) is 5. The average molecular weight is 359 g/mol. The second-order valence-corrected chi connectivity index (χ2v) is 8.53. The predicted molar refractivity (Wildman–Crippen MR) is 99.7 cm³/mol. The van der Waals surface area contributed by atoms with Gasteiger partial charge in [-0.3, -0.25) is 4.79 Å². The lowest BCUT2D eigenvalue weighted by Gasteiger charge is -2.38. The number of rotatable bonds is 5. The Morgan fingerprint density at radius 3 is 2.69 bits per heavy atom. The van der Waals surface area contributed by atoms with Crippen LogP contribution in [0.15, 0.2) is 29.0 Å². The monoisotopic (exact) mass is 359 g/mol. The zero-order valence-electron chi connectivity index (χ0n) is 15.3. The van der Waals surface area contributed by atoms with Crippen molar-refractivity contribution >= 4 is 11.9 Å². The molecule has 7 heteroatoms. The molecule has 4 rings (SSSR count). The van der Waals surface area contributed by atoms with E-state index in [1.807, 2.05) is 6.92 Å². The lowest BCUT2D eigenvalue weighted by Crippen LogP contribution is -2.64. The Hall–Kier alpha value is -2.02. The van der Waals surface area contributed by atoms with Crippen molar-refractivity contribution in [3.63, 3.8) is 0 Å². The number of carbonyl (C=O) groups is 1. The molecule has 3 saturated carbocycles. The van der Waals surface area contributed by atoms with E-state index >= 15 is 0 Å². The maximum Gasteiger partial charge on any atom is 0.250 e. The third kappa shape index (κ3) is 3.20. The summed E-state index contributed by atoms with van der Waals surface area (Å²) >= 11 is 0. The van der Waals surface area contributed by atoms with Crippen LogP contribution >= 0.6 is 0 Å². The van der Waals surface area contributed by atoms with Gasteiger partial charge in [0, 0.05) is 11.9 Å². The maximum absolute atomic E-state index is 11.9. The molecule has 4 aliphatic rings. The van der Waals surface area contributed by atoms with Crippen LogP contribution in [0.1, 0.15) is 51.9 Å². The Bertz CT molecular complexity index is 688. The Morgan fingerprint density at radius 1 is 1.38 bits per heavy atom. The smallest absolute Gasteiger partial charge is 0.250 e. The van der Waals surface area contributed by atoms with E-state index in [2.05, 4.69) is 22.5 Å². The molecule has 3 aliphatic carbocycles. The van der Waals surface area contributed by atoms with Crippen molar-refractivity contribution in [3.8, 4) is 0 Å². The van der Waals surface area contributed by atoms with E-state index in [9.17, 15) is 9.90 Å². The van der Waals surface area contributed by atoms with E-state index in [-0.39, 0.29) is 17.6 Å². The highest BCUT2D eigenvalue weighted by Crippen LogP contribution is 2.58. The van der Waals surface area contributed by atoms with Crippen molar-refractivity contribution in [2.45, 2.75) is 69.7 Å². The first-order valence-corrected chi connectivity index (χ1v) is 9.59. The largest absolute Gasteiger partial charge is 0.393 e. The zero-order chi connectivity index (χ0) is 18.5. The fourth-order valence-electron chi connectivity index (χ4n) is 4.35. The number of aliphatic hydroxyl groups is 1. The van der Waals surface area contributed by atoms with Crippen LogP contribution in [0.2, 0.25) is 0 Å². The number of aliphatic imine (C=N–C) groups is 1. The molecule has 142 valence electrons. The number of aliphatic hydroxyl groups excluding tert-OH is 1. The highest BCUT2D eigenvalue weighted by Gasteiger charge is 2.55. The molecular weight excluding hydrogens is 330 g/mol. The molecule has 2 atom stereocenters. The lowest BCUT2D eigenvalue weighted by molar-refractivity contribution is -0.115. The second-order valence-electron chi connectivity index (χ2n) is 8.53. The summed E-state index contributed by atoms with van der Waals surface area (Å²) in [6.45, 7) is 6.01. The quantitative estimate of drug-likeness (QED) is 0.499. The van der Waals surface area contributed by atoms with Crippen molar-refractivity contribution in [3.05, 3.63) is 24.0 Å². The minimum Gasteiger partial charge on any atom is -0.393 e. The average Bonchev–Trinajstić information content (AvgIpc) is 3.47.